The molecule has 0 atom stereocenters. The molecule has 0 fully saturated rings. The van der Waals surface area contributed by atoms with Crippen LogP contribution in [0.2, 0.25) is 15.1 Å². The van der Waals surface area contributed by atoms with Gasteiger partial charge in [0.1, 0.15) is 22.8 Å². The maximum Gasteiger partial charge on any atom is 0.266 e. The fourth-order valence-corrected chi connectivity index (χ4v) is 6.97. The van der Waals surface area contributed by atoms with Crippen molar-refractivity contribution in [3.05, 3.63) is 92.5 Å². The van der Waals surface area contributed by atoms with E-state index in [0.29, 0.717) is 22.7 Å². The number of nitrogens with one attached hydrogen (secondary N) is 1. The Hall–Kier alpha value is -4.25. The predicted molar refractivity (Wildman–Crippen MR) is 197 cm³/mol. The van der Waals surface area contributed by atoms with Gasteiger partial charge in [0.05, 0.1) is 34.5 Å². The largest absolute Gasteiger partial charge is 0.494 e. The molecule has 1 aromatic heterocycles. The Morgan fingerprint density at radius 1 is 0.840 bits per heavy atom. The van der Waals surface area contributed by atoms with E-state index in [2.05, 4.69) is 17.2 Å². The Kier molecular flexibility index (Phi) is 12.7. The van der Waals surface area contributed by atoms with Crippen LogP contribution in [0, 0.1) is 0 Å². The molecule has 4 aromatic rings. The zero-order valence-electron chi connectivity index (χ0n) is 28.1. The zero-order chi connectivity index (χ0) is 35.8. The van der Waals surface area contributed by atoms with Crippen LogP contribution in [0.3, 0.4) is 0 Å². The van der Waals surface area contributed by atoms with Crippen molar-refractivity contribution in [2.24, 2.45) is 4.99 Å². The highest BCUT2D eigenvalue weighted by atomic mass is 35.5. The SMILES string of the molecule is CCCCCCCCCCCCC(=O)Nc1ccc(OC)c(N=c2c(N3C(=O)c4ccccc4C3=O)cn(-c3c(Cl)cc(Cl)cc3Cl)n2O)c1. The van der Waals surface area contributed by atoms with Crippen molar-refractivity contribution in [3.8, 4) is 11.4 Å². The second kappa shape index (κ2) is 17.1. The van der Waals surface area contributed by atoms with Gasteiger partial charge in [0.15, 0.2) is 0 Å². The second-order valence-electron chi connectivity index (χ2n) is 12.2. The first-order valence-electron chi connectivity index (χ1n) is 16.8. The average Bonchev–Trinajstić information content (AvgIpc) is 3.52. The summed E-state index contributed by atoms with van der Waals surface area (Å²) in [5.41, 5.74) is 0.917. The highest BCUT2D eigenvalue weighted by molar-refractivity contribution is 6.40. The molecule has 264 valence electrons. The summed E-state index contributed by atoms with van der Waals surface area (Å²) in [4.78, 5) is 46.2. The lowest BCUT2D eigenvalue weighted by atomic mass is 10.1. The second-order valence-corrected chi connectivity index (χ2v) is 13.4. The van der Waals surface area contributed by atoms with Crippen LogP contribution in [0.15, 0.2) is 65.8 Å². The summed E-state index contributed by atoms with van der Waals surface area (Å²) < 4.78 is 6.70. The molecule has 2 heterocycles. The highest BCUT2D eigenvalue weighted by Gasteiger charge is 2.39. The Morgan fingerprint density at radius 2 is 1.42 bits per heavy atom. The number of aromatic nitrogens is 2. The highest BCUT2D eigenvalue weighted by Crippen LogP contribution is 2.35. The number of amides is 3. The van der Waals surface area contributed by atoms with Gasteiger partial charge in [-0.05, 0) is 48.9 Å². The molecule has 5 rings (SSSR count). The van der Waals surface area contributed by atoms with Gasteiger partial charge in [-0.15, -0.1) is 0 Å². The van der Waals surface area contributed by atoms with Gasteiger partial charge in [-0.1, -0.05) is 116 Å². The summed E-state index contributed by atoms with van der Waals surface area (Å²) in [7, 11) is 1.45. The molecule has 0 spiro atoms. The van der Waals surface area contributed by atoms with Crippen LogP contribution in [-0.2, 0) is 4.79 Å². The van der Waals surface area contributed by atoms with E-state index >= 15 is 0 Å². The number of anilines is 2. The zero-order valence-corrected chi connectivity index (χ0v) is 30.3. The number of fused-ring (bicyclic) bond motifs is 1. The van der Waals surface area contributed by atoms with Crippen LogP contribution < -0.4 is 20.4 Å². The third kappa shape index (κ3) is 8.37. The number of methoxy groups -OCH3 is 1. The number of hydrogen-bond acceptors (Lipinski definition) is 6. The van der Waals surface area contributed by atoms with Gasteiger partial charge < -0.3 is 15.3 Å². The monoisotopic (exact) mass is 739 g/mol. The van der Waals surface area contributed by atoms with Gasteiger partial charge >= 0.3 is 0 Å². The molecule has 0 saturated carbocycles. The van der Waals surface area contributed by atoms with E-state index in [0.717, 1.165) is 28.8 Å². The molecule has 0 radical (unpaired) electrons. The number of hydrogen-bond donors (Lipinski definition) is 2. The van der Waals surface area contributed by atoms with Crippen molar-refractivity contribution >= 4 is 69.6 Å². The summed E-state index contributed by atoms with van der Waals surface area (Å²) in [6.07, 6.45) is 13.4. The van der Waals surface area contributed by atoms with Gasteiger partial charge in [-0.3, -0.25) is 14.4 Å². The minimum absolute atomic E-state index is 0.0572. The molecule has 1 aliphatic heterocycles. The minimum Gasteiger partial charge on any atom is -0.494 e. The third-order valence-electron chi connectivity index (χ3n) is 8.56. The topological polar surface area (TPSA) is 118 Å². The van der Waals surface area contributed by atoms with Crippen LogP contribution in [0.4, 0.5) is 17.1 Å². The number of carbonyl (C=O) groups is 3. The predicted octanol–water partition coefficient (Wildman–Crippen LogP) is 9.77. The van der Waals surface area contributed by atoms with Crippen molar-refractivity contribution in [1.29, 1.82) is 0 Å². The quantitative estimate of drug-likeness (QED) is 0.0674. The van der Waals surface area contributed by atoms with E-state index in [4.69, 9.17) is 39.5 Å². The molecular weight excluding hydrogens is 701 g/mol. The summed E-state index contributed by atoms with van der Waals surface area (Å²) in [5.74, 6) is -1.04. The van der Waals surface area contributed by atoms with Gasteiger partial charge in [-0.2, -0.15) is 0 Å². The maximum atomic E-state index is 13.6. The van der Waals surface area contributed by atoms with Crippen LogP contribution in [0.1, 0.15) is 98.3 Å². The molecule has 0 bridgehead atoms. The van der Waals surface area contributed by atoms with Crippen LogP contribution in [0.5, 0.6) is 5.75 Å². The summed E-state index contributed by atoms with van der Waals surface area (Å²) in [5, 5.41) is 14.9. The number of nitrogens with zero attached hydrogens (tertiary/aromatic N) is 4. The molecule has 10 nitrogen and oxygen atoms in total. The Labute approximate surface area is 306 Å². The smallest absolute Gasteiger partial charge is 0.266 e. The summed E-state index contributed by atoms with van der Waals surface area (Å²) >= 11 is 19.1. The maximum absolute atomic E-state index is 13.6. The lowest BCUT2D eigenvalue weighted by molar-refractivity contribution is -0.116. The standard InChI is InChI=1S/C37H40Cl3N5O5/c1-3-4-5-6-7-8-9-10-11-12-17-33(46)41-25-18-19-32(50-2)30(22-25)42-35-31(44-36(47)26-15-13-14-16-27(26)37(44)48)23-43(45(35)49)34-28(39)20-24(38)21-29(34)40/h13-16,18-23,49H,3-12,17H2,1-2H3,(H,41,46). The van der Waals surface area contributed by atoms with E-state index in [1.807, 2.05) is 0 Å². The number of halogens is 3. The first kappa shape index (κ1) is 37.0. The Bertz CT molecular complexity index is 1900. The molecular formula is C37H40Cl3N5O5. The van der Waals surface area contributed by atoms with Crippen molar-refractivity contribution in [2.75, 3.05) is 17.3 Å². The first-order chi connectivity index (χ1) is 24.1. The van der Waals surface area contributed by atoms with Crippen molar-refractivity contribution in [1.82, 2.24) is 9.53 Å². The number of ether oxygens (including phenoxy) is 1. The Morgan fingerprint density at radius 3 is 2.00 bits per heavy atom. The molecule has 2 N–H and O–H groups in total. The van der Waals surface area contributed by atoms with Crippen LogP contribution >= 0.6 is 34.8 Å². The summed E-state index contributed by atoms with van der Waals surface area (Å²) in [6, 6.07) is 14.2. The Balaban J connectivity index is 1.43. The normalized spacial score (nSPS) is 12.9. The van der Waals surface area contributed by atoms with Gasteiger partial charge in [0, 0.05) is 17.1 Å². The van der Waals surface area contributed by atoms with Gasteiger partial charge in [0.2, 0.25) is 11.4 Å². The third-order valence-corrected chi connectivity index (χ3v) is 9.35. The summed E-state index contributed by atoms with van der Waals surface area (Å²) in [6.45, 7) is 2.22. The van der Waals surface area contributed by atoms with E-state index in [9.17, 15) is 19.6 Å². The van der Waals surface area contributed by atoms with Gasteiger partial charge in [0.25, 0.3) is 11.8 Å². The van der Waals surface area contributed by atoms with Crippen molar-refractivity contribution < 1.29 is 24.3 Å². The van der Waals surface area contributed by atoms with Crippen LogP contribution in [-0.4, -0.2) is 39.6 Å². The lowest BCUT2D eigenvalue weighted by Gasteiger charge is -2.12. The molecule has 0 saturated heterocycles. The van der Waals surface area contributed by atoms with Gasteiger partial charge in [-0.25, -0.2) is 14.6 Å². The minimum atomic E-state index is -0.604. The fourth-order valence-electron chi connectivity index (χ4n) is 5.98. The molecule has 13 heteroatoms. The molecule has 0 aliphatic carbocycles. The lowest BCUT2D eigenvalue weighted by Crippen LogP contribution is -2.34. The molecule has 50 heavy (non-hydrogen) atoms. The van der Waals surface area contributed by atoms with Crippen molar-refractivity contribution in [2.45, 2.75) is 77.6 Å². The number of imide groups is 1. The molecule has 3 aromatic carbocycles. The van der Waals surface area contributed by atoms with E-state index in [1.54, 1.807) is 42.5 Å². The number of unbranched alkanes of at least 4 members (excludes halogenated alkanes) is 9. The molecule has 1 aliphatic rings. The molecule has 0 unspecified atom stereocenters. The number of carbonyl (C=O) groups excluding carboxylic acids is 3. The first-order valence-corrected chi connectivity index (χ1v) is 18.0. The average molecular weight is 741 g/mol. The number of benzene rings is 3. The van der Waals surface area contributed by atoms with Crippen molar-refractivity contribution in [3.63, 3.8) is 0 Å². The molecule has 3 amide bonds. The fraction of sp³-hybridized carbons (Fsp3) is 0.351. The van der Waals surface area contributed by atoms with Crippen LogP contribution in [0.25, 0.3) is 5.69 Å². The van der Waals surface area contributed by atoms with E-state index in [-0.39, 0.29) is 54.7 Å². The van der Waals surface area contributed by atoms with E-state index in [1.165, 1.54) is 70.4 Å². The number of rotatable bonds is 16. The van der Waals surface area contributed by atoms with E-state index < -0.39 is 11.8 Å².